The third-order valence-electron chi connectivity index (χ3n) is 3.13. The smallest absolute Gasteiger partial charge is 0.330 e. The van der Waals surface area contributed by atoms with E-state index in [4.69, 9.17) is 10.2 Å². The van der Waals surface area contributed by atoms with E-state index in [1.165, 1.54) is 0 Å². The summed E-state index contributed by atoms with van der Waals surface area (Å²) < 4.78 is 4.58. The summed E-state index contributed by atoms with van der Waals surface area (Å²) in [6.07, 6.45) is 8.36. The number of rotatable bonds is 12. The van der Waals surface area contributed by atoms with Crippen molar-refractivity contribution in [1.29, 1.82) is 0 Å². The molecular formula is C21H36O6. The standard InChI is InChI=1S/C8H14O2.C7H12O2.C6H10O2/c1-3-4-5-6-7(2)8(9)10;1-3-4-5-6(2)7(8)9;1-3-5-8-6(7)4-2/h2-6H2,1H3,(H,9,10);2-5H2,1H3,(H,8,9);4H,2-3,5H2,1H3. The van der Waals surface area contributed by atoms with Crippen LogP contribution in [0, 0.1) is 0 Å². The number of esters is 1. The van der Waals surface area contributed by atoms with Crippen LogP contribution in [0.5, 0.6) is 0 Å². The first-order chi connectivity index (χ1) is 12.7. The van der Waals surface area contributed by atoms with Crippen molar-refractivity contribution in [3.8, 4) is 0 Å². The van der Waals surface area contributed by atoms with E-state index in [1.54, 1.807) is 0 Å². The molecule has 0 radical (unpaired) electrons. The van der Waals surface area contributed by atoms with Crippen molar-refractivity contribution in [1.82, 2.24) is 0 Å². The van der Waals surface area contributed by atoms with Crippen LogP contribution in [-0.4, -0.2) is 34.7 Å². The van der Waals surface area contributed by atoms with Crippen LogP contribution in [0.15, 0.2) is 37.0 Å². The summed E-state index contributed by atoms with van der Waals surface area (Å²) in [5.74, 6) is -2.08. The van der Waals surface area contributed by atoms with E-state index in [1.807, 2.05) is 13.8 Å². The fourth-order valence-electron chi connectivity index (χ4n) is 1.45. The van der Waals surface area contributed by atoms with Gasteiger partial charge in [-0.15, -0.1) is 0 Å². The van der Waals surface area contributed by atoms with Gasteiger partial charge in [0.1, 0.15) is 0 Å². The fourth-order valence-corrected chi connectivity index (χ4v) is 1.45. The lowest BCUT2D eigenvalue weighted by atomic mass is 10.1. The van der Waals surface area contributed by atoms with Gasteiger partial charge in [0.25, 0.3) is 0 Å². The summed E-state index contributed by atoms with van der Waals surface area (Å²) in [4.78, 5) is 30.5. The number of ether oxygens (including phenoxy) is 1. The summed E-state index contributed by atoms with van der Waals surface area (Å²) in [5, 5.41) is 16.7. The van der Waals surface area contributed by atoms with Gasteiger partial charge < -0.3 is 14.9 Å². The zero-order valence-corrected chi connectivity index (χ0v) is 17.1. The fraction of sp³-hybridized carbons (Fsp3) is 0.571. The molecule has 2 N–H and O–H groups in total. The molecule has 0 spiro atoms. The molecule has 6 nitrogen and oxygen atoms in total. The number of aliphatic carboxylic acids is 2. The van der Waals surface area contributed by atoms with Gasteiger partial charge in [0.15, 0.2) is 0 Å². The number of carboxylic acid groups (broad SMARTS) is 2. The first-order valence-corrected chi connectivity index (χ1v) is 9.28. The Morgan fingerprint density at radius 2 is 1.26 bits per heavy atom. The minimum Gasteiger partial charge on any atom is -0.478 e. The molecular weight excluding hydrogens is 348 g/mol. The van der Waals surface area contributed by atoms with Gasteiger partial charge in [0, 0.05) is 17.2 Å². The molecule has 0 atom stereocenters. The summed E-state index contributed by atoms with van der Waals surface area (Å²) in [6, 6.07) is 0. The van der Waals surface area contributed by atoms with Gasteiger partial charge in [-0.3, -0.25) is 0 Å². The monoisotopic (exact) mass is 384 g/mol. The summed E-state index contributed by atoms with van der Waals surface area (Å²) in [6.45, 7) is 16.6. The van der Waals surface area contributed by atoms with E-state index in [0.717, 1.165) is 44.6 Å². The van der Waals surface area contributed by atoms with Crippen molar-refractivity contribution >= 4 is 17.9 Å². The van der Waals surface area contributed by atoms with Gasteiger partial charge in [-0.25, -0.2) is 14.4 Å². The summed E-state index contributed by atoms with van der Waals surface area (Å²) in [5.41, 5.74) is 0.644. The Balaban J connectivity index is -0.000000322. The maximum atomic E-state index is 10.2. The molecule has 0 aromatic rings. The highest BCUT2D eigenvalue weighted by molar-refractivity contribution is 5.86. The van der Waals surface area contributed by atoms with Crippen LogP contribution in [0.2, 0.25) is 0 Å². The van der Waals surface area contributed by atoms with Crippen LogP contribution < -0.4 is 0 Å². The third-order valence-corrected chi connectivity index (χ3v) is 3.13. The van der Waals surface area contributed by atoms with Crippen molar-refractivity contribution in [2.45, 2.75) is 72.1 Å². The van der Waals surface area contributed by atoms with Gasteiger partial charge in [0.2, 0.25) is 0 Å². The highest BCUT2D eigenvalue weighted by Crippen LogP contribution is 2.06. The maximum Gasteiger partial charge on any atom is 0.330 e. The minimum absolute atomic E-state index is 0.317. The van der Waals surface area contributed by atoms with Gasteiger partial charge in [-0.2, -0.15) is 0 Å². The quantitative estimate of drug-likeness (QED) is 0.274. The second-order valence-electron chi connectivity index (χ2n) is 5.75. The second kappa shape index (κ2) is 21.7. The molecule has 156 valence electrons. The van der Waals surface area contributed by atoms with Crippen LogP contribution in [0.25, 0.3) is 0 Å². The number of carbonyl (C=O) groups excluding carboxylic acids is 1. The lowest BCUT2D eigenvalue weighted by molar-refractivity contribution is -0.138. The highest BCUT2D eigenvalue weighted by Gasteiger charge is 2.01. The molecule has 0 bridgehead atoms. The van der Waals surface area contributed by atoms with Crippen molar-refractivity contribution in [2.75, 3.05) is 6.61 Å². The largest absolute Gasteiger partial charge is 0.478 e. The van der Waals surface area contributed by atoms with Gasteiger partial charge in [0.05, 0.1) is 6.61 Å². The molecule has 0 saturated heterocycles. The lowest BCUT2D eigenvalue weighted by Gasteiger charge is -1.97. The van der Waals surface area contributed by atoms with Gasteiger partial charge in [-0.05, 0) is 32.1 Å². The molecule has 27 heavy (non-hydrogen) atoms. The van der Waals surface area contributed by atoms with Crippen molar-refractivity contribution in [3.05, 3.63) is 37.0 Å². The van der Waals surface area contributed by atoms with E-state index in [9.17, 15) is 14.4 Å². The molecule has 0 unspecified atom stereocenters. The molecule has 6 heteroatoms. The minimum atomic E-state index is -0.872. The summed E-state index contributed by atoms with van der Waals surface area (Å²) in [7, 11) is 0. The Kier molecular flexibility index (Phi) is 23.6. The van der Waals surface area contributed by atoms with Crippen molar-refractivity contribution in [3.63, 3.8) is 0 Å². The second-order valence-corrected chi connectivity index (χ2v) is 5.75. The Hall–Kier alpha value is -2.37. The highest BCUT2D eigenvalue weighted by atomic mass is 16.5. The van der Waals surface area contributed by atoms with Crippen molar-refractivity contribution < 1.29 is 29.3 Å². The van der Waals surface area contributed by atoms with E-state index >= 15 is 0 Å². The Bertz CT molecular complexity index is 465. The average Bonchev–Trinajstić information content (AvgIpc) is 2.64. The zero-order valence-electron chi connectivity index (χ0n) is 17.1. The molecule has 0 aliphatic rings. The van der Waals surface area contributed by atoms with Crippen LogP contribution in [0.1, 0.15) is 72.1 Å². The molecule has 0 heterocycles. The van der Waals surface area contributed by atoms with E-state index in [-0.39, 0.29) is 5.97 Å². The summed E-state index contributed by atoms with van der Waals surface area (Å²) >= 11 is 0. The number of unbranched alkanes of at least 4 members (excludes halogenated alkanes) is 3. The van der Waals surface area contributed by atoms with Gasteiger partial charge >= 0.3 is 17.9 Å². The lowest BCUT2D eigenvalue weighted by Crippen LogP contribution is -1.99. The van der Waals surface area contributed by atoms with E-state index in [0.29, 0.717) is 30.6 Å². The molecule has 0 rings (SSSR count). The first kappa shape index (κ1) is 29.4. The maximum absolute atomic E-state index is 10.2. The van der Waals surface area contributed by atoms with Crippen molar-refractivity contribution in [2.24, 2.45) is 0 Å². The van der Waals surface area contributed by atoms with E-state index in [2.05, 4.69) is 31.4 Å². The zero-order chi connectivity index (χ0) is 21.7. The number of hydrogen-bond donors (Lipinski definition) is 2. The molecule has 0 aromatic heterocycles. The van der Waals surface area contributed by atoms with Crippen LogP contribution in [0.3, 0.4) is 0 Å². The molecule has 0 fully saturated rings. The predicted octanol–water partition coefficient (Wildman–Crippen LogP) is 5.15. The Morgan fingerprint density at radius 1 is 0.815 bits per heavy atom. The molecule has 0 saturated carbocycles. The Morgan fingerprint density at radius 3 is 1.59 bits per heavy atom. The van der Waals surface area contributed by atoms with Crippen LogP contribution >= 0.6 is 0 Å². The topological polar surface area (TPSA) is 101 Å². The SMILES string of the molecule is C=C(CCCC)C(=O)O.C=C(CCCCC)C(=O)O.C=CC(=O)OCCC. The number of carboxylic acids is 2. The number of hydrogen-bond acceptors (Lipinski definition) is 4. The van der Waals surface area contributed by atoms with Crippen LogP contribution in [0.4, 0.5) is 0 Å². The number of carbonyl (C=O) groups is 3. The molecule has 0 aliphatic carbocycles. The molecule has 0 aromatic carbocycles. The van der Waals surface area contributed by atoms with Gasteiger partial charge in [-0.1, -0.05) is 59.8 Å². The Labute approximate surface area is 163 Å². The predicted molar refractivity (Wildman–Crippen MR) is 109 cm³/mol. The molecule has 0 aliphatic heterocycles. The molecule has 0 amide bonds. The normalized spacial score (nSPS) is 8.85. The van der Waals surface area contributed by atoms with E-state index < -0.39 is 11.9 Å². The average molecular weight is 385 g/mol. The third kappa shape index (κ3) is 26.0. The van der Waals surface area contributed by atoms with Crippen LogP contribution in [-0.2, 0) is 19.1 Å². The first-order valence-electron chi connectivity index (χ1n) is 9.28.